The Labute approximate surface area is 118 Å². The number of oxazole rings is 1. The van der Waals surface area contributed by atoms with E-state index in [1.165, 1.54) is 19.2 Å². The minimum absolute atomic E-state index is 0.0693. The lowest BCUT2D eigenvalue weighted by atomic mass is 10.2. The lowest BCUT2D eigenvalue weighted by molar-refractivity contribution is -0.120. The van der Waals surface area contributed by atoms with E-state index in [9.17, 15) is 18.0 Å². The smallest absolute Gasteiger partial charge is 0.406 e. The highest BCUT2D eigenvalue weighted by molar-refractivity contribution is 6.01. The molecule has 0 unspecified atom stereocenters. The molecular weight excluding hydrogens is 289 g/mol. The topological polar surface area (TPSA) is 55.6 Å². The second-order valence-corrected chi connectivity index (χ2v) is 4.27. The standard InChI is InChI=1S/C13H13F3N2O3/c1-3-18(7-13(14,15)16)12-17-10-8(11(19)20-2)5-4-6-9(10)21-12/h4-6H,3,7H2,1-2H3. The van der Waals surface area contributed by atoms with Gasteiger partial charge >= 0.3 is 12.1 Å². The van der Waals surface area contributed by atoms with Crippen LogP contribution in [0.4, 0.5) is 19.2 Å². The summed E-state index contributed by atoms with van der Waals surface area (Å²) in [5.41, 5.74) is 0.557. The van der Waals surface area contributed by atoms with E-state index >= 15 is 0 Å². The summed E-state index contributed by atoms with van der Waals surface area (Å²) in [4.78, 5) is 16.5. The number of hydrogen-bond donors (Lipinski definition) is 0. The number of fused-ring (bicyclic) bond motifs is 1. The third-order valence-corrected chi connectivity index (χ3v) is 2.84. The first kappa shape index (κ1) is 15.1. The fraction of sp³-hybridized carbons (Fsp3) is 0.385. The molecule has 1 heterocycles. The van der Waals surface area contributed by atoms with E-state index in [0.29, 0.717) is 0 Å². The molecule has 114 valence electrons. The third-order valence-electron chi connectivity index (χ3n) is 2.84. The van der Waals surface area contributed by atoms with Crippen molar-refractivity contribution in [3.8, 4) is 0 Å². The predicted molar refractivity (Wildman–Crippen MR) is 69.3 cm³/mol. The molecule has 0 aliphatic rings. The Morgan fingerprint density at radius 1 is 1.43 bits per heavy atom. The van der Waals surface area contributed by atoms with Crippen LogP contribution in [0.2, 0.25) is 0 Å². The van der Waals surface area contributed by atoms with Crippen LogP contribution in [0.15, 0.2) is 22.6 Å². The van der Waals surface area contributed by atoms with Crippen LogP contribution < -0.4 is 4.90 Å². The average Bonchev–Trinajstić information content (AvgIpc) is 2.86. The normalized spacial score (nSPS) is 11.7. The van der Waals surface area contributed by atoms with Gasteiger partial charge in [-0.1, -0.05) is 6.07 Å². The second-order valence-electron chi connectivity index (χ2n) is 4.27. The molecule has 1 aromatic heterocycles. The number of ether oxygens (including phenoxy) is 1. The Kier molecular flexibility index (Phi) is 4.06. The van der Waals surface area contributed by atoms with E-state index in [4.69, 9.17) is 4.42 Å². The molecule has 5 nitrogen and oxygen atoms in total. The number of carbonyl (C=O) groups excluding carboxylic acids is 1. The lowest BCUT2D eigenvalue weighted by Gasteiger charge is -2.19. The Morgan fingerprint density at radius 3 is 2.71 bits per heavy atom. The summed E-state index contributed by atoms with van der Waals surface area (Å²) < 4.78 is 47.4. The number of alkyl halides is 3. The molecule has 0 bridgehead atoms. The lowest BCUT2D eigenvalue weighted by Crippen LogP contribution is -2.34. The minimum Gasteiger partial charge on any atom is -0.465 e. The maximum atomic E-state index is 12.5. The highest BCUT2D eigenvalue weighted by Crippen LogP contribution is 2.27. The molecule has 0 aliphatic carbocycles. The van der Waals surface area contributed by atoms with Crippen molar-refractivity contribution >= 4 is 23.1 Å². The maximum Gasteiger partial charge on any atom is 0.406 e. The molecule has 2 rings (SSSR count). The molecule has 0 aliphatic heterocycles. The van der Waals surface area contributed by atoms with Crippen LogP contribution in [0.3, 0.4) is 0 Å². The zero-order chi connectivity index (χ0) is 15.6. The van der Waals surface area contributed by atoms with Crippen molar-refractivity contribution < 1.29 is 27.1 Å². The molecule has 0 fully saturated rings. The van der Waals surface area contributed by atoms with Crippen molar-refractivity contribution in [1.82, 2.24) is 4.98 Å². The van der Waals surface area contributed by atoms with Gasteiger partial charge in [0.25, 0.3) is 6.01 Å². The number of carbonyl (C=O) groups is 1. The summed E-state index contributed by atoms with van der Waals surface area (Å²) in [5.74, 6) is -0.626. The second kappa shape index (κ2) is 5.63. The largest absolute Gasteiger partial charge is 0.465 e. The van der Waals surface area contributed by atoms with Gasteiger partial charge in [0, 0.05) is 6.54 Å². The van der Waals surface area contributed by atoms with Crippen molar-refractivity contribution in [3.63, 3.8) is 0 Å². The van der Waals surface area contributed by atoms with Crippen molar-refractivity contribution in [3.05, 3.63) is 23.8 Å². The Morgan fingerprint density at radius 2 is 2.14 bits per heavy atom. The van der Waals surface area contributed by atoms with Gasteiger partial charge in [0.05, 0.1) is 12.7 Å². The number of rotatable bonds is 4. The highest BCUT2D eigenvalue weighted by Gasteiger charge is 2.32. The molecule has 0 radical (unpaired) electrons. The number of esters is 1. The van der Waals surface area contributed by atoms with Gasteiger partial charge in [-0.3, -0.25) is 0 Å². The van der Waals surface area contributed by atoms with Crippen molar-refractivity contribution in [2.45, 2.75) is 13.1 Å². The molecule has 0 saturated carbocycles. The van der Waals surface area contributed by atoms with Gasteiger partial charge in [-0.25, -0.2) is 4.79 Å². The van der Waals surface area contributed by atoms with Gasteiger partial charge in [0.15, 0.2) is 5.58 Å². The fourth-order valence-corrected chi connectivity index (χ4v) is 1.88. The number of nitrogens with zero attached hydrogens (tertiary/aromatic N) is 2. The number of halogens is 3. The van der Waals surface area contributed by atoms with Crippen LogP contribution in [0.5, 0.6) is 0 Å². The molecule has 0 saturated heterocycles. The minimum atomic E-state index is -4.37. The number of aromatic nitrogens is 1. The molecule has 0 atom stereocenters. The zero-order valence-corrected chi connectivity index (χ0v) is 11.4. The van der Waals surface area contributed by atoms with E-state index in [1.54, 1.807) is 13.0 Å². The summed E-state index contributed by atoms with van der Waals surface area (Å²) in [6.45, 7) is 0.450. The summed E-state index contributed by atoms with van der Waals surface area (Å²) in [6.07, 6.45) is -4.37. The number of methoxy groups -OCH3 is 1. The van der Waals surface area contributed by atoms with E-state index in [-0.39, 0.29) is 29.2 Å². The van der Waals surface area contributed by atoms with Gasteiger partial charge in [-0.2, -0.15) is 18.2 Å². The quantitative estimate of drug-likeness (QED) is 0.813. The zero-order valence-electron chi connectivity index (χ0n) is 11.4. The van der Waals surface area contributed by atoms with E-state index < -0.39 is 18.7 Å². The van der Waals surface area contributed by atoms with Crippen LogP contribution >= 0.6 is 0 Å². The maximum absolute atomic E-state index is 12.5. The van der Waals surface area contributed by atoms with Crippen LogP contribution in [-0.4, -0.2) is 37.3 Å². The van der Waals surface area contributed by atoms with Crippen LogP contribution in [0.25, 0.3) is 11.1 Å². The SMILES string of the molecule is CCN(CC(F)(F)F)c1nc2c(C(=O)OC)cccc2o1. The average molecular weight is 302 g/mol. The summed E-state index contributed by atoms with van der Waals surface area (Å²) in [6, 6.07) is 4.37. The van der Waals surface area contributed by atoms with Crippen LogP contribution in [-0.2, 0) is 4.74 Å². The molecule has 1 aromatic carbocycles. The summed E-state index contributed by atoms with van der Waals surface area (Å²) in [5, 5.41) is 0. The Hall–Kier alpha value is -2.25. The Bertz CT molecular complexity index is 652. The number of benzene rings is 1. The van der Waals surface area contributed by atoms with Gasteiger partial charge in [0.2, 0.25) is 0 Å². The Balaban J connectivity index is 2.44. The molecule has 0 N–H and O–H groups in total. The summed E-state index contributed by atoms with van der Waals surface area (Å²) in [7, 11) is 1.21. The van der Waals surface area contributed by atoms with Crippen LogP contribution in [0.1, 0.15) is 17.3 Å². The van der Waals surface area contributed by atoms with E-state index in [1.807, 2.05) is 0 Å². The van der Waals surface area contributed by atoms with Gasteiger partial charge in [-0.15, -0.1) is 0 Å². The van der Waals surface area contributed by atoms with E-state index in [0.717, 1.165) is 4.90 Å². The first-order valence-corrected chi connectivity index (χ1v) is 6.15. The molecule has 0 amide bonds. The molecular formula is C13H13F3N2O3. The van der Waals surface area contributed by atoms with Gasteiger partial charge in [0.1, 0.15) is 12.1 Å². The first-order valence-electron chi connectivity index (χ1n) is 6.15. The molecule has 8 heteroatoms. The van der Waals surface area contributed by atoms with Gasteiger partial charge in [-0.05, 0) is 19.1 Å². The van der Waals surface area contributed by atoms with E-state index in [2.05, 4.69) is 9.72 Å². The molecule has 21 heavy (non-hydrogen) atoms. The van der Waals surface area contributed by atoms with Crippen LogP contribution in [0, 0.1) is 0 Å². The molecule has 0 spiro atoms. The summed E-state index contributed by atoms with van der Waals surface area (Å²) >= 11 is 0. The van der Waals surface area contributed by atoms with Crippen molar-refractivity contribution in [2.75, 3.05) is 25.1 Å². The third kappa shape index (κ3) is 3.26. The van der Waals surface area contributed by atoms with Crippen molar-refractivity contribution in [1.29, 1.82) is 0 Å². The number of para-hydroxylation sites is 1. The predicted octanol–water partition coefficient (Wildman–Crippen LogP) is 3.00. The number of hydrogen-bond acceptors (Lipinski definition) is 5. The van der Waals surface area contributed by atoms with Crippen molar-refractivity contribution in [2.24, 2.45) is 0 Å². The van der Waals surface area contributed by atoms with Gasteiger partial charge < -0.3 is 14.1 Å². The fourth-order valence-electron chi connectivity index (χ4n) is 1.88. The molecule has 2 aromatic rings. The highest BCUT2D eigenvalue weighted by atomic mass is 19.4. The first-order chi connectivity index (χ1) is 9.85. The number of anilines is 1. The monoisotopic (exact) mass is 302 g/mol.